The average Bonchev–Trinajstić information content (AvgIpc) is 2.41. The number of rotatable bonds is 2. The molecule has 2 unspecified atom stereocenters. The Kier molecular flexibility index (Phi) is 4.10. The van der Waals surface area contributed by atoms with Crippen molar-refractivity contribution in [2.24, 2.45) is 5.92 Å². The zero-order valence-electron chi connectivity index (χ0n) is 11.5. The number of phenols is 1. The molecule has 4 heteroatoms. The number of benzene rings is 1. The van der Waals surface area contributed by atoms with Crippen LogP contribution in [0.4, 0.5) is 0 Å². The highest BCUT2D eigenvalue weighted by Gasteiger charge is 2.28. The number of hydrogen-bond donors (Lipinski definition) is 2. The first-order valence-electron chi connectivity index (χ1n) is 6.82. The second-order valence-corrected chi connectivity index (χ2v) is 5.29. The summed E-state index contributed by atoms with van der Waals surface area (Å²) in [5.41, 5.74) is 1.35. The van der Waals surface area contributed by atoms with Crippen LogP contribution in [-0.4, -0.2) is 40.2 Å². The van der Waals surface area contributed by atoms with Crippen molar-refractivity contribution in [3.05, 3.63) is 29.3 Å². The van der Waals surface area contributed by atoms with E-state index >= 15 is 0 Å². The van der Waals surface area contributed by atoms with Gasteiger partial charge in [0.05, 0.1) is 11.7 Å². The molecule has 1 aromatic carbocycles. The molecule has 1 aliphatic heterocycles. The lowest BCUT2D eigenvalue weighted by Crippen LogP contribution is -2.45. The second-order valence-electron chi connectivity index (χ2n) is 5.29. The van der Waals surface area contributed by atoms with E-state index in [0.29, 0.717) is 18.7 Å². The number of hydrogen-bond acceptors (Lipinski definition) is 3. The topological polar surface area (TPSA) is 60.8 Å². The van der Waals surface area contributed by atoms with Crippen LogP contribution in [0.25, 0.3) is 0 Å². The quantitative estimate of drug-likeness (QED) is 0.855. The lowest BCUT2D eigenvalue weighted by Gasteiger charge is -2.34. The number of aliphatic hydroxyl groups is 1. The first kappa shape index (κ1) is 13.9. The summed E-state index contributed by atoms with van der Waals surface area (Å²) < 4.78 is 0. The van der Waals surface area contributed by atoms with Crippen molar-refractivity contribution in [2.45, 2.75) is 32.8 Å². The van der Waals surface area contributed by atoms with Gasteiger partial charge >= 0.3 is 0 Å². The van der Waals surface area contributed by atoms with Crippen molar-refractivity contribution in [2.75, 3.05) is 13.1 Å². The number of aryl methyl sites for hydroxylation is 1. The predicted octanol–water partition coefficient (Wildman–Crippen LogP) is 1.80. The fraction of sp³-hybridized carbons (Fsp3) is 0.533. The van der Waals surface area contributed by atoms with Crippen LogP contribution in [0.15, 0.2) is 18.2 Å². The molecule has 0 aliphatic carbocycles. The predicted molar refractivity (Wildman–Crippen MR) is 73.2 cm³/mol. The Bertz CT molecular complexity index is 472. The largest absolute Gasteiger partial charge is 0.507 e. The summed E-state index contributed by atoms with van der Waals surface area (Å²) in [4.78, 5) is 14.0. The number of piperidine rings is 1. The van der Waals surface area contributed by atoms with Gasteiger partial charge in [-0.05, 0) is 36.5 Å². The van der Waals surface area contributed by atoms with Crippen LogP contribution >= 0.6 is 0 Å². The standard InChI is InChI=1S/C15H21NO3/c1-3-11-4-5-13(17)12(8-11)15(19)16-7-6-10(2)14(18)9-16/h4-5,8,10,14,17-18H,3,6-7,9H2,1-2H3. The zero-order chi connectivity index (χ0) is 14.0. The number of likely N-dealkylation sites (tertiary alicyclic amines) is 1. The molecule has 0 saturated carbocycles. The first-order chi connectivity index (χ1) is 9.02. The Labute approximate surface area is 113 Å². The third kappa shape index (κ3) is 2.89. The molecule has 0 aromatic heterocycles. The number of carbonyl (C=O) groups is 1. The first-order valence-corrected chi connectivity index (χ1v) is 6.82. The maximum absolute atomic E-state index is 12.4. The van der Waals surface area contributed by atoms with Crippen LogP contribution in [-0.2, 0) is 6.42 Å². The van der Waals surface area contributed by atoms with Gasteiger partial charge in [-0.25, -0.2) is 0 Å². The molecule has 2 atom stereocenters. The van der Waals surface area contributed by atoms with Crippen molar-refractivity contribution in [1.82, 2.24) is 4.90 Å². The summed E-state index contributed by atoms with van der Waals surface area (Å²) in [5.74, 6) is 0.0358. The van der Waals surface area contributed by atoms with E-state index < -0.39 is 6.10 Å². The monoisotopic (exact) mass is 263 g/mol. The molecule has 1 saturated heterocycles. The van der Waals surface area contributed by atoms with Gasteiger partial charge < -0.3 is 15.1 Å². The summed E-state index contributed by atoms with van der Waals surface area (Å²) in [6.45, 7) is 4.97. The van der Waals surface area contributed by atoms with E-state index in [9.17, 15) is 15.0 Å². The van der Waals surface area contributed by atoms with E-state index in [0.717, 1.165) is 18.4 Å². The highest BCUT2D eigenvalue weighted by Crippen LogP contribution is 2.24. The van der Waals surface area contributed by atoms with Gasteiger partial charge in [0.25, 0.3) is 5.91 Å². The van der Waals surface area contributed by atoms with Crippen LogP contribution in [0, 0.1) is 5.92 Å². The van der Waals surface area contributed by atoms with E-state index in [4.69, 9.17) is 0 Å². The molecule has 0 bridgehead atoms. The summed E-state index contributed by atoms with van der Waals surface area (Å²) in [6.07, 6.45) is 1.13. The van der Waals surface area contributed by atoms with Gasteiger partial charge in [-0.15, -0.1) is 0 Å². The Morgan fingerprint density at radius 1 is 1.47 bits per heavy atom. The van der Waals surface area contributed by atoms with E-state index in [-0.39, 0.29) is 17.6 Å². The van der Waals surface area contributed by atoms with Gasteiger partial charge in [0, 0.05) is 13.1 Å². The Hall–Kier alpha value is -1.55. The SMILES string of the molecule is CCc1ccc(O)c(C(=O)N2CCC(C)C(O)C2)c1. The van der Waals surface area contributed by atoms with E-state index in [1.807, 2.05) is 19.9 Å². The highest BCUT2D eigenvalue weighted by atomic mass is 16.3. The minimum Gasteiger partial charge on any atom is -0.507 e. The molecular weight excluding hydrogens is 242 g/mol. The molecular formula is C15H21NO3. The van der Waals surface area contributed by atoms with Crippen molar-refractivity contribution in [3.8, 4) is 5.75 Å². The van der Waals surface area contributed by atoms with E-state index in [1.165, 1.54) is 0 Å². The molecule has 1 heterocycles. The van der Waals surface area contributed by atoms with Crippen LogP contribution in [0.2, 0.25) is 0 Å². The van der Waals surface area contributed by atoms with Crippen molar-refractivity contribution >= 4 is 5.91 Å². The van der Waals surface area contributed by atoms with Crippen molar-refractivity contribution in [1.29, 1.82) is 0 Å². The molecule has 1 amide bonds. The van der Waals surface area contributed by atoms with E-state index in [2.05, 4.69) is 0 Å². The molecule has 0 spiro atoms. The Morgan fingerprint density at radius 2 is 2.21 bits per heavy atom. The fourth-order valence-electron chi connectivity index (χ4n) is 2.38. The number of nitrogens with zero attached hydrogens (tertiary/aromatic N) is 1. The number of phenolic OH excluding ortho intramolecular Hbond substituents is 1. The maximum atomic E-state index is 12.4. The molecule has 1 aliphatic rings. The third-order valence-electron chi connectivity index (χ3n) is 3.91. The Morgan fingerprint density at radius 3 is 2.84 bits per heavy atom. The summed E-state index contributed by atoms with van der Waals surface area (Å²) >= 11 is 0. The van der Waals surface area contributed by atoms with Gasteiger partial charge in [-0.2, -0.15) is 0 Å². The molecule has 4 nitrogen and oxygen atoms in total. The van der Waals surface area contributed by atoms with Gasteiger partial charge in [0.15, 0.2) is 0 Å². The number of carbonyl (C=O) groups excluding carboxylic acids is 1. The molecule has 2 N–H and O–H groups in total. The summed E-state index contributed by atoms with van der Waals surface area (Å²) in [6, 6.07) is 5.12. The number of amides is 1. The fourth-order valence-corrected chi connectivity index (χ4v) is 2.38. The molecule has 1 fully saturated rings. The minimum atomic E-state index is -0.478. The van der Waals surface area contributed by atoms with Gasteiger partial charge in [0.2, 0.25) is 0 Å². The van der Waals surface area contributed by atoms with Crippen molar-refractivity contribution < 1.29 is 15.0 Å². The van der Waals surface area contributed by atoms with Crippen LogP contribution in [0.3, 0.4) is 0 Å². The van der Waals surface area contributed by atoms with Gasteiger partial charge in [0.1, 0.15) is 5.75 Å². The number of aliphatic hydroxyl groups excluding tert-OH is 1. The zero-order valence-corrected chi connectivity index (χ0v) is 11.5. The van der Waals surface area contributed by atoms with Crippen LogP contribution in [0.1, 0.15) is 36.2 Å². The van der Waals surface area contributed by atoms with Gasteiger partial charge in [-0.1, -0.05) is 19.9 Å². The van der Waals surface area contributed by atoms with Crippen LogP contribution in [0.5, 0.6) is 5.75 Å². The summed E-state index contributed by atoms with van der Waals surface area (Å²) in [5, 5.41) is 19.7. The minimum absolute atomic E-state index is 0.00955. The molecule has 2 rings (SSSR count). The molecule has 19 heavy (non-hydrogen) atoms. The molecule has 104 valence electrons. The lowest BCUT2D eigenvalue weighted by molar-refractivity contribution is 0.0247. The maximum Gasteiger partial charge on any atom is 0.257 e. The number of aromatic hydroxyl groups is 1. The molecule has 0 radical (unpaired) electrons. The highest BCUT2D eigenvalue weighted by molar-refractivity contribution is 5.97. The average molecular weight is 263 g/mol. The van der Waals surface area contributed by atoms with Crippen LogP contribution < -0.4 is 0 Å². The third-order valence-corrected chi connectivity index (χ3v) is 3.91. The normalized spacial score (nSPS) is 23.4. The Balaban J connectivity index is 2.20. The van der Waals surface area contributed by atoms with Gasteiger partial charge in [-0.3, -0.25) is 4.79 Å². The number of β-amino-alcohol motifs (C(OH)–C–C–N with tert-alkyl or cyclic N) is 1. The smallest absolute Gasteiger partial charge is 0.257 e. The summed E-state index contributed by atoms with van der Waals surface area (Å²) in [7, 11) is 0. The molecule has 1 aromatic rings. The second kappa shape index (κ2) is 5.61. The van der Waals surface area contributed by atoms with E-state index in [1.54, 1.807) is 17.0 Å². The lowest BCUT2D eigenvalue weighted by atomic mass is 9.95. The van der Waals surface area contributed by atoms with Crippen molar-refractivity contribution in [3.63, 3.8) is 0 Å².